The van der Waals surface area contributed by atoms with Crippen LogP contribution >= 0.6 is 0 Å². The quantitative estimate of drug-likeness (QED) is 0.769. The number of pyridine rings is 1. The van der Waals surface area contributed by atoms with E-state index in [1.54, 1.807) is 12.1 Å². The van der Waals surface area contributed by atoms with Crippen LogP contribution in [0, 0.1) is 11.7 Å². The minimum absolute atomic E-state index is 0.161. The molecule has 20 heavy (non-hydrogen) atoms. The molecule has 0 spiro atoms. The van der Waals surface area contributed by atoms with Gasteiger partial charge in [-0.3, -0.25) is 4.98 Å². The highest BCUT2D eigenvalue weighted by Gasteiger charge is 2.26. The number of benzene rings is 1. The van der Waals surface area contributed by atoms with Crippen LogP contribution in [0.2, 0.25) is 0 Å². The first-order valence-corrected chi connectivity index (χ1v) is 7.50. The van der Waals surface area contributed by atoms with E-state index >= 15 is 0 Å². The van der Waals surface area contributed by atoms with E-state index in [9.17, 15) is 4.39 Å². The molecule has 3 rings (SSSR count). The van der Waals surface area contributed by atoms with Crippen molar-refractivity contribution in [2.75, 3.05) is 0 Å². The Morgan fingerprint density at radius 3 is 2.10 bits per heavy atom. The lowest BCUT2D eigenvalue weighted by atomic mass is 9.74. The van der Waals surface area contributed by atoms with Gasteiger partial charge >= 0.3 is 0 Å². The molecule has 2 aromatic rings. The topological polar surface area (TPSA) is 12.9 Å². The first kappa shape index (κ1) is 13.3. The molecule has 0 amide bonds. The van der Waals surface area contributed by atoms with Crippen molar-refractivity contribution in [3.63, 3.8) is 0 Å². The Balaban J connectivity index is 1.96. The van der Waals surface area contributed by atoms with Gasteiger partial charge in [0.1, 0.15) is 5.82 Å². The van der Waals surface area contributed by atoms with E-state index in [4.69, 9.17) is 0 Å². The molecule has 0 aliphatic heterocycles. The van der Waals surface area contributed by atoms with Crippen molar-refractivity contribution in [3.8, 4) is 0 Å². The Hall–Kier alpha value is -1.70. The van der Waals surface area contributed by atoms with E-state index in [0.717, 1.165) is 0 Å². The van der Waals surface area contributed by atoms with Gasteiger partial charge in [-0.25, -0.2) is 4.39 Å². The van der Waals surface area contributed by atoms with E-state index in [0.29, 0.717) is 11.8 Å². The van der Waals surface area contributed by atoms with Gasteiger partial charge in [0.15, 0.2) is 0 Å². The van der Waals surface area contributed by atoms with Crippen LogP contribution in [0.4, 0.5) is 4.39 Å². The zero-order valence-electron chi connectivity index (χ0n) is 11.6. The van der Waals surface area contributed by atoms with E-state index < -0.39 is 0 Å². The van der Waals surface area contributed by atoms with Crippen LogP contribution in [0.5, 0.6) is 0 Å². The molecule has 1 aromatic heterocycles. The molecule has 1 heterocycles. The molecule has 0 unspecified atom stereocenters. The van der Waals surface area contributed by atoms with Crippen molar-refractivity contribution >= 4 is 0 Å². The monoisotopic (exact) mass is 269 g/mol. The molecule has 1 aliphatic rings. The van der Waals surface area contributed by atoms with Gasteiger partial charge in [-0.2, -0.15) is 0 Å². The molecule has 1 fully saturated rings. The van der Waals surface area contributed by atoms with Crippen LogP contribution in [-0.2, 0) is 0 Å². The predicted octanol–water partition coefficient (Wildman–Crippen LogP) is 4.93. The Bertz CT molecular complexity index is 529. The zero-order chi connectivity index (χ0) is 13.8. The molecule has 104 valence electrons. The Kier molecular flexibility index (Phi) is 4.10. The van der Waals surface area contributed by atoms with Crippen molar-refractivity contribution in [1.82, 2.24) is 4.98 Å². The number of nitrogens with zero attached hydrogens (tertiary/aromatic N) is 1. The standard InChI is InChI=1S/C18H20FN/c19-17-8-6-15(7-9-17)18(14-4-2-1-3-5-14)16-10-12-20-13-11-16/h6-14,18H,1-5H2/t18-/m1/s1. The van der Waals surface area contributed by atoms with Gasteiger partial charge in [-0.15, -0.1) is 0 Å². The molecule has 0 radical (unpaired) electrons. The molecular formula is C18H20FN. The fourth-order valence-corrected chi connectivity index (χ4v) is 3.45. The van der Waals surface area contributed by atoms with Gasteiger partial charge in [0.25, 0.3) is 0 Å². The lowest BCUT2D eigenvalue weighted by Crippen LogP contribution is -2.17. The highest BCUT2D eigenvalue weighted by molar-refractivity contribution is 5.32. The maximum absolute atomic E-state index is 13.2. The summed E-state index contributed by atoms with van der Waals surface area (Å²) in [4.78, 5) is 4.12. The number of hydrogen-bond acceptors (Lipinski definition) is 1. The Morgan fingerprint density at radius 2 is 1.45 bits per heavy atom. The van der Waals surface area contributed by atoms with E-state index in [1.165, 1.54) is 43.2 Å². The summed E-state index contributed by atoms with van der Waals surface area (Å²) in [5.74, 6) is 0.876. The van der Waals surface area contributed by atoms with Gasteiger partial charge in [0, 0.05) is 18.3 Å². The van der Waals surface area contributed by atoms with Crippen molar-refractivity contribution in [1.29, 1.82) is 0 Å². The summed E-state index contributed by atoms with van der Waals surface area (Å²) < 4.78 is 13.2. The maximum atomic E-state index is 13.2. The maximum Gasteiger partial charge on any atom is 0.123 e. The summed E-state index contributed by atoms with van der Waals surface area (Å²) in [5, 5.41) is 0. The average molecular weight is 269 g/mol. The minimum Gasteiger partial charge on any atom is -0.265 e. The molecular weight excluding hydrogens is 249 g/mol. The Labute approximate surface area is 119 Å². The third-order valence-corrected chi connectivity index (χ3v) is 4.42. The third kappa shape index (κ3) is 2.90. The van der Waals surface area contributed by atoms with Gasteiger partial charge < -0.3 is 0 Å². The predicted molar refractivity (Wildman–Crippen MR) is 79.1 cm³/mol. The van der Waals surface area contributed by atoms with Crippen molar-refractivity contribution in [2.24, 2.45) is 5.92 Å². The smallest absolute Gasteiger partial charge is 0.123 e. The van der Waals surface area contributed by atoms with Crippen molar-refractivity contribution in [2.45, 2.75) is 38.0 Å². The fourth-order valence-electron chi connectivity index (χ4n) is 3.45. The normalized spacial score (nSPS) is 17.9. The third-order valence-electron chi connectivity index (χ3n) is 4.42. The molecule has 1 atom stereocenters. The van der Waals surface area contributed by atoms with Crippen LogP contribution in [0.15, 0.2) is 48.8 Å². The lowest BCUT2D eigenvalue weighted by Gasteiger charge is -2.31. The fraction of sp³-hybridized carbons (Fsp3) is 0.389. The molecule has 1 aromatic carbocycles. The number of rotatable bonds is 3. The number of aromatic nitrogens is 1. The van der Waals surface area contributed by atoms with Gasteiger partial charge in [0.2, 0.25) is 0 Å². The molecule has 1 saturated carbocycles. The average Bonchev–Trinajstić information content (AvgIpc) is 2.52. The first-order chi connectivity index (χ1) is 9.84. The van der Waals surface area contributed by atoms with E-state index in [2.05, 4.69) is 17.1 Å². The van der Waals surface area contributed by atoms with Gasteiger partial charge in [-0.1, -0.05) is 31.4 Å². The van der Waals surface area contributed by atoms with Crippen molar-refractivity contribution < 1.29 is 4.39 Å². The molecule has 0 saturated heterocycles. The summed E-state index contributed by atoms with van der Waals surface area (Å²) in [6.45, 7) is 0. The summed E-state index contributed by atoms with van der Waals surface area (Å²) in [5.41, 5.74) is 2.53. The summed E-state index contributed by atoms with van der Waals surface area (Å²) >= 11 is 0. The molecule has 1 aliphatic carbocycles. The highest BCUT2D eigenvalue weighted by Crippen LogP contribution is 2.40. The minimum atomic E-state index is -0.161. The molecule has 1 nitrogen and oxygen atoms in total. The van der Waals surface area contributed by atoms with E-state index in [-0.39, 0.29) is 5.82 Å². The van der Waals surface area contributed by atoms with Crippen LogP contribution in [-0.4, -0.2) is 4.98 Å². The van der Waals surface area contributed by atoms with Gasteiger partial charge in [0.05, 0.1) is 0 Å². The van der Waals surface area contributed by atoms with Crippen LogP contribution < -0.4 is 0 Å². The second kappa shape index (κ2) is 6.17. The summed E-state index contributed by atoms with van der Waals surface area (Å²) in [7, 11) is 0. The summed E-state index contributed by atoms with van der Waals surface area (Å²) in [6, 6.07) is 11.2. The Morgan fingerprint density at radius 1 is 0.850 bits per heavy atom. The summed E-state index contributed by atoms with van der Waals surface area (Å²) in [6.07, 6.45) is 10.2. The second-order valence-electron chi connectivity index (χ2n) is 5.71. The molecule has 0 bridgehead atoms. The largest absolute Gasteiger partial charge is 0.265 e. The number of halogens is 1. The lowest BCUT2D eigenvalue weighted by molar-refractivity contribution is 0.327. The second-order valence-corrected chi connectivity index (χ2v) is 5.71. The van der Waals surface area contributed by atoms with Gasteiger partial charge in [-0.05, 0) is 54.2 Å². The van der Waals surface area contributed by atoms with E-state index in [1.807, 2.05) is 24.5 Å². The van der Waals surface area contributed by atoms with Crippen LogP contribution in [0.25, 0.3) is 0 Å². The SMILES string of the molecule is Fc1ccc([C@H](c2ccncc2)C2CCCCC2)cc1. The highest BCUT2D eigenvalue weighted by atomic mass is 19.1. The van der Waals surface area contributed by atoms with Crippen LogP contribution in [0.1, 0.15) is 49.1 Å². The number of hydrogen-bond donors (Lipinski definition) is 0. The molecule has 0 N–H and O–H groups in total. The van der Waals surface area contributed by atoms with Crippen LogP contribution in [0.3, 0.4) is 0 Å². The first-order valence-electron chi connectivity index (χ1n) is 7.50. The van der Waals surface area contributed by atoms with Crippen molar-refractivity contribution in [3.05, 3.63) is 65.7 Å². The molecule has 2 heteroatoms. The zero-order valence-corrected chi connectivity index (χ0v) is 11.6.